The number of pyridine rings is 1. The Kier molecular flexibility index (Phi) is 2.81. The van der Waals surface area contributed by atoms with Gasteiger partial charge < -0.3 is 9.47 Å². The molecule has 3 heterocycles. The van der Waals surface area contributed by atoms with Crippen molar-refractivity contribution in [2.24, 2.45) is 0 Å². The zero-order valence-electron chi connectivity index (χ0n) is 9.57. The van der Waals surface area contributed by atoms with Crippen LogP contribution >= 0.6 is 15.9 Å². The minimum absolute atomic E-state index is 0.0260. The molecule has 1 fully saturated rings. The number of hydrogen-bond donors (Lipinski definition) is 0. The van der Waals surface area contributed by atoms with Crippen LogP contribution in [0.2, 0.25) is 0 Å². The highest BCUT2D eigenvalue weighted by molar-refractivity contribution is 9.10. The van der Waals surface area contributed by atoms with Crippen molar-refractivity contribution in [3.63, 3.8) is 0 Å². The van der Waals surface area contributed by atoms with Gasteiger partial charge in [0.2, 0.25) is 5.91 Å². The summed E-state index contributed by atoms with van der Waals surface area (Å²) in [6.45, 7) is 1.78. The summed E-state index contributed by atoms with van der Waals surface area (Å²) in [5.41, 5.74) is 0.936. The largest absolute Gasteiger partial charge is 0.341 e. The number of carbonyl (C=O) groups is 1. The van der Waals surface area contributed by atoms with Crippen LogP contribution < -0.4 is 0 Å². The summed E-state index contributed by atoms with van der Waals surface area (Å²) in [4.78, 5) is 17.7. The fraction of sp³-hybridized carbons (Fsp3) is 0.333. The fourth-order valence-electron chi connectivity index (χ4n) is 2.04. The van der Waals surface area contributed by atoms with Gasteiger partial charge in [0.25, 0.3) is 0 Å². The standard InChI is InChI=1S/C12H11BrFN3O/c13-8-4-10-12(15-5-8)9(14)6-17(10)7-11(18)16-2-1-3-16/h4-6H,1-3,7H2. The first-order valence-corrected chi connectivity index (χ1v) is 6.52. The van der Waals surface area contributed by atoms with E-state index in [1.165, 1.54) is 6.20 Å². The van der Waals surface area contributed by atoms with Gasteiger partial charge in [0.05, 0.1) is 5.52 Å². The third kappa shape index (κ3) is 1.90. The smallest absolute Gasteiger partial charge is 0.242 e. The first-order valence-electron chi connectivity index (χ1n) is 5.73. The SMILES string of the molecule is O=C(Cn1cc(F)c2ncc(Br)cc21)N1CCC1. The number of hydrogen-bond acceptors (Lipinski definition) is 2. The van der Waals surface area contributed by atoms with Crippen LogP contribution in [0, 0.1) is 5.82 Å². The first kappa shape index (κ1) is 11.6. The Hall–Kier alpha value is -1.43. The predicted octanol–water partition coefficient (Wildman–Crippen LogP) is 2.17. The van der Waals surface area contributed by atoms with Crippen molar-refractivity contribution in [1.82, 2.24) is 14.5 Å². The highest BCUT2D eigenvalue weighted by Gasteiger charge is 2.21. The van der Waals surface area contributed by atoms with E-state index in [2.05, 4.69) is 20.9 Å². The quantitative estimate of drug-likeness (QED) is 0.852. The fourth-order valence-corrected chi connectivity index (χ4v) is 2.36. The molecule has 0 bridgehead atoms. The average Bonchev–Trinajstić information content (AvgIpc) is 2.52. The van der Waals surface area contributed by atoms with E-state index < -0.39 is 5.82 Å². The lowest BCUT2D eigenvalue weighted by Crippen LogP contribution is -2.43. The van der Waals surface area contributed by atoms with Gasteiger partial charge in [-0.25, -0.2) is 4.39 Å². The number of fused-ring (bicyclic) bond motifs is 1. The Labute approximate surface area is 112 Å². The molecular weight excluding hydrogens is 301 g/mol. The van der Waals surface area contributed by atoms with E-state index in [1.54, 1.807) is 21.7 Å². The van der Waals surface area contributed by atoms with Crippen molar-refractivity contribution < 1.29 is 9.18 Å². The summed E-state index contributed by atoms with van der Waals surface area (Å²) < 4.78 is 16.0. The molecule has 0 radical (unpaired) electrons. The molecule has 4 nitrogen and oxygen atoms in total. The second kappa shape index (κ2) is 4.35. The topological polar surface area (TPSA) is 38.1 Å². The molecule has 0 spiro atoms. The third-order valence-electron chi connectivity index (χ3n) is 3.15. The molecular formula is C12H11BrFN3O. The maximum Gasteiger partial charge on any atom is 0.242 e. The van der Waals surface area contributed by atoms with Crippen molar-refractivity contribution in [2.75, 3.05) is 13.1 Å². The maximum absolute atomic E-state index is 13.7. The van der Waals surface area contributed by atoms with E-state index in [0.717, 1.165) is 24.0 Å². The van der Waals surface area contributed by atoms with Crippen LogP contribution in [0.4, 0.5) is 4.39 Å². The lowest BCUT2D eigenvalue weighted by atomic mass is 10.2. The number of carbonyl (C=O) groups excluding carboxylic acids is 1. The molecule has 2 aromatic rings. The maximum atomic E-state index is 13.7. The molecule has 1 amide bonds. The number of nitrogens with zero attached hydrogens (tertiary/aromatic N) is 3. The highest BCUT2D eigenvalue weighted by atomic mass is 79.9. The predicted molar refractivity (Wildman–Crippen MR) is 68.6 cm³/mol. The van der Waals surface area contributed by atoms with Crippen LogP contribution in [0.15, 0.2) is 22.9 Å². The summed E-state index contributed by atoms with van der Waals surface area (Å²) >= 11 is 3.30. The van der Waals surface area contributed by atoms with Crippen LogP contribution in [0.5, 0.6) is 0 Å². The summed E-state index contributed by atoms with van der Waals surface area (Å²) in [7, 11) is 0. The molecule has 1 aliphatic heterocycles. The van der Waals surface area contributed by atoms with E-state index in [9.17, 15) is 9.18 Å². The summed E-state index contributed by atoms with van der Waals surface area (Å²) in [6, 6.07) is 1.77. The molecule has 0 aromatic carbocycles. The Morgan fingerprint density at radius 1 is 1.50 bits per heavy atom. The lowest BCUT2D eigenvalue weighted by Gasteiger charge is -2.31. The van der Waals surface area contributed by atoms with Gasteiger partial charge in [0, 0.05) is 30.0 Å². The minimum Gasteiger partial charge on any atom is -0.341 e. The number of halogens is 2. The third-order valence-corrected chi connectivity index (χ3v) is 3.59. The van der Waals surface area contributed by atoms with E-state index in [4.69, 9.17) is 0 Å². The van der Waals surface area contributed by atoms with Gasteiger partial charge in [-0.15, -0.1) is 0 Å². The van der Waals surface area contributed by atoms with Gasteiger partial charge in [0.15, 0.2) is 5.82 Å². The van der Waals surface area contributed by atoms with Crippen LogP contribution in [0.25, 0.3) is 11.0 Å². The van der Waals surface area contributed by atoms with Crippen molar-refractivity contribution in [2.45, 2.75) is 13.0 Å². The number of amides is 1. The average molecular weight is 312 g/mol. The van der Waals surface area contributed by atoms with Crippen LogP contribution in [0.1, 0.15) is 6.42 Å². The van der Waals surface area contributed by atoms with Gasteiger partial charge in [-0.3, -0.25) is 9.78 Å². The van der Waals surface area contributed by atoms with Gasteiger partial charge in [-0.1, -0.05) is 0 Å². The molecule has 1 aliphatic rings. The molecule has 94 valence electrons. The van der Waals surface area contributed by atoms with Crippen molar-refractivity contribution >= 4 is 32.9 Å². The molecule has 3 rings (SSSR count). The normalized spacial score (nSPS) is 14.9. The summed E-state index contributed by atoms with van der Waals surface area (Å²) in [5, 5.41) is 0. The molecule has 0 aliphatic carbocycles. The second-order valence-electron chi connectivity index (χ2n) is 4.36. The zero-order chi connectivity index (χ0) is 12.7. The van der Waals surface area contributed by atoms with Crippen LogP contribution in [0.3, 0.4) is 0 Å². The Bertz CT molecular complexity index is 621. The van der Waals surface area contributed by atoms with Crippen molar-refractivity contribution in [3.05, 3.63) is 28.7 Å². The molecule has 1 saturated heterocycles. The van der Waals surface area contributed by atoms with Gasteiger partial charge >= 0.3 is 0 Å². The summed E-state index contributed by atoms with van der Waals surface area (Å²) in [6.07, 6.45) is 3.94. The molecule has 2 aromatic heterocycles. The molecule has 0 N–H and O–H groups in total. The summed E-state index contributed by atoms with van der Waals surface area (Å²) in [5.74, 6) is -0.368. The molecule has 18 heavy (non-hydrogen) atoms. The zero-order valence-corrected chi connectivity index (χ0v) is 11.2. The highest BCUT2D eigenvalue weighted by Crippen LogP contribution is 2.22. The van der Waals surface area contributed by atoms with Crippen molar-refractivity contribution in [1.29, 1.82) is 0 Å². The number of likely N-dealkylation sites (tertiary alicyclic amines) is 1. The Balaban J connectivity index is 1.95. The number of rotatable bonds is 2. The first-order chi connectivity index (χ1) is 8.65. The van der Waals surface area contributed by atoms with Crippen LogP contribution in [-0.4, -0.2) is 33.4 Å². The molecule has 0 atom stereocenters. The van der Waals surface area contributed by atoms with Gasteiger partial charge in [-0.2, -0.15) is 0 Å². The molecule has 6 heteroatoms. The van der Waals surface area contributed by atoms with E-state index in [1.807, 2.05) is 0 Å². The molecule has 0 unspecified atom stereocenters. The van der Waals surface area contributed by atoms with Crippen molar-refractivity contribution in [3.8, 4) is 0 Å². The monoisotopic (exact) mass is 311 g/mol. The molecule has 0 saturated carbocycles. The Morgan fingerprint density at radius 2 is 2.28 bits per heavy atom. The van der Waals surface area contributed by atoms with E-state index in [-0.39, 0.29) is 12.5 Å². The van der Waals surface area contributed by atoms with E-state index in [0.29, 0.717) is 11.0 Å². The lowest BCUT2D eigenvalue weighted by molar-refractivity contribution is -0.135. The van der Waals surface area contributed by atoms with Gasteiger partial charge in [-0.05, 0) is 28.4 Å². The van der Waals surface area contributed by atoms with Gasteiger partial charge in [0.1, 0.15) is 12.1 Å². The second-order valence-corrected chi connectivity index (χ2v) is 5.28. The van der Waals surface area contributed by atoms with Crippen LogP contribution in [-0.2, 0) is 11.3 Å². The van der Waals surface area contributed by atoms with E-state index >= 15 is 0 Å². The Morgan fingerprint density at radius 3 is 2.94 bits per heavy atom. The number of aromatic nitrogens is 2. The minimum atomic E-state index is -0.395.